The molecule has 0 bridgehead atoms. The van der Waals surface area contributed by atoms with Gasteiger partial charge in [-0.3, -0.25) is 9.69 Å². The number of carbonyl (C=O) groups is 1. The molecule has 1 heterocycles. The molecule has 8 nitrogen and oxygen atoms in total. The molecule has 3 aromatic carbocycles. The summed E-state index contributed by atoms with van der Waals surface area (Å²) >= 11 is 0. The molecule has 8 heteroatoms. The summed E-state index contributed by atoms with van der Waals surface area (Å²) in [5.41, 5.74) is 4.26. The first-order valence-corrected chi connectivity index (χ1v) is 11.5. The van der Waals surface area contributed by atoms with E-state index >= 15 is 0 Å². The highest BCUT2D eigenvalue weighted by Crippen LogP contribution is 2.40. The average Bonchev–Trinajstić information content (AvgIpc) is 3.17. The Morgan fingerprint density at radius 1 is 0.972 bits per heavy atom. The number of phenolic OH excluding ortho intramolecular Hbond substituents is 1. The maximum absolute atomic E-state index is 13.2. The second kappa shape index (κ2) is 10.6. The third-order valence-corrected chi connectivity index (χ3v) is 6.06. The van der Waals surface area contributed by atoms with Crippen molar-refractivity contribution < 1.29 is 24.1 Å². The molecule has 0 aliphatic heterocycles. The molecular weight excluding hydrogens is 458 g/mol. The van der Waals surface area contributed by atoms with Crippen LogP contribution in [0.1, 0.15) is 21.5 Å². The highest BCUT2D eigenvalue weighted by Gasteiger charge is 2.17. The molecule has 0 atom stereocenters. The van der Waals surface area contributed by atoms with E-state index < -0.39 is 0 Å². The van der Waals surface area contributed by atoms with E-state index in [0.717, 1.165) is 22.0 Å². The van der Waals surface area contributed by atoms with E-state index in [1.165, 1.54) is 21.3 Å². The van der Waals surface area contributed by atoms with Crippen LogP contribution in [0.5, 0.6) is 23.0 Å². The van der Waals surface area contributed by atoms with Crippen molar-refractivity contribution in [3.63, 3.8) is 0 Å². The Morgan fingerprint density at radius 2 is 1.69 bits per heavy atom. The number of nitrogens with one attached hydrogen (secondary N) is 1. The van der Waals surface area contributed by atoms with Crippen LogP contribution in [-0.2, 0) is 20.1 Å². The van der Waals surface area contributed by atoms with E-state index in [1.807, 2.05) is 44.4 Å². The molecule has 0 spiro atoms. The molecule has 4 rings (SSSR count). The van der Waals surface area contributed by atoms with Crippen LogP contribution in [0.15, 0.2) is 60.8 Å². The number of ether oxygens (including phenoxy) is 3. The molecule has 0 aliphatic rings. The normalized spacial score (nSPS) is 11.1. The van der Waals surface area contributed by atoms with Gasteiger partial charge in [-0.25, -0.2) is 0 Å². The number of aromatic nitrogens is 1. The molecule has 0 fully saturated rings. The van der Waals surface area contributed by atoms with Crippen molar-refractivity contribution in [3.8, 4) is 23.0 Å². The third-order valence-electron chi connectivity index (χ3n) is 6.06. The summed E-state index contributed by atoms with van der Waals surface area (Å²) in [7, 11) is 8.63. The Hall–Kier alpha value is -4.17. The van der Waals surface area contributed by atoms with E-state index in [2.05, 4.69) is 21.0 Å². The minimum absolute atomic E-state index is 0.242. The van der Waals surface area contributed by atoms with Gasteiger partial charge in [-0.05, 0) is 48.5 Å². The number of phenols is 1. The Bertz CT molecular complexity index is 1370. The molecule has 1 amide bonds. The minimum atomic E-state index is -0.242. The zero-order valence-corrected chi connectivity index (χ0v) is 21.2. The fourth-order valence-electron chi connectivity index (χ4n) is 4.41. The number of hydrogen-bond donors (Lipinski definition) is 2. The molecule has 4 aromatic rings. The van der Waals surface area contributed by atoms with Gasteiger partial charge in [-0.2, -0.15) is 0 Å². The molecule has 0 radical (unpaired) electrons. The van der Waals surface area contributed by atoms with Crippen molar-refractivity contribution in [2.45, 2.75) is 13.1 Å². The van der Waals surface area contributed by atoms with E-state index in [1.54, 1.807) is 24.3 Å². The largest absolute Gasteiger partial charge is 0.508 e. The van der Waals surface area contributed by atoms with E-state index in [-0.39, 0.29) is 11.7 Å². The number of amides is 1. The number of rotatable bonds is 9. The number of fused-ring (bicyclic) bond motifs is 1. The Kier molecular flexibility index (Phi) is 7.36. The zero-order chi connectivity index (χ0) is 25.8. The van der Waals surface area contributed by atoms with E-state index in [0.29, 0.717) is 41.6 Å². The van der Waals surface area contributed by atoms with Crippen molar-refractivity contribution in [2.24, 2.45) is 7.05 Å². The molecule has 36 heavy (non-hydrogen) atoms. The van der Waals surface area contributed by atoms with Crippen LogP contribution in [0.25, 0.3) is 10.9 Å². The number of nitrogens with zero attached hydrogens (tertiary/aromatic N) is 2. The van der Waals surface area contributed by atoms with Crippen molar-refractivity contribution in [1.82, 2.24) is 9.47 Å². The van der Waals surface area contributed by atoms with Crippen molar-refractivity contribution in [2.75, 3.05) is 33.7 Å². The van der Waals surface area contributed by atoms with Gasteiger partial charge in [0.05, 0.1) is 21.3 Å². The summed E-state index contributed by atoms with van der Waals surface area (Å²) in [4.78, 5) is 15.3. The molecule has 1 aromatic heterocycles. The minimum Gasteiger partial charge on any atom is -0.508 e. The van der Waals surface area contributed by atoms with Gasteiger partial charge in [0.2, 0.25) is 5.75 Å². The lowest BCUT2D eigenvalue weighted by Crippen LogP contribution is -2.17. The standard InChI is InChI=1S/C28H31N3O5/c1-30(15-18-7-6-8-22(32)11-18)16-20-17-31(2)24-10-9-19(12-23(20)24)28(33)29-21-13-25(34-3)27(36-5)26(14-21)35-4/h6-14,17,32H,15-16H2,1-5H3,(H,29,33). The lowest BCUT2D eigenvalue weighted by molar-refractivity contribution is 0.102. The summed E-state index contributed by atoms with van der Waals surface area (Å²) in [5.74, 6) is 1.40. The number of benzene rings is 3. The number of aryl methyl sites for hydroxylation is 1. The summed E-state index contributed by atoms with van der Waals surface area (Å²) < 4.78 is 18.2. The highest BCUT2D eigenvalue weighted by molar-refractivity contribution is 6.06. The van der Waals surface area contributed by atoms with E-state index in [9.17, 15) is 9.90 Å². The van der Waals surface area contributed by atoms with Crippen LogP contribution in [0.4, 0.5) is 5.69 Å². The van der Waals surface area contributed by atoms with Crippen LogP contribution >= 0.6 is 0 Å². The van der Waals surface area contributed by atoms with Gasteiger partial charge >= 0.3 is 0 Å². The number of methoxy groups -OCH3 is 3. The van der Waals surface area contributed by atoms with Crippen LogP contribution in [0.2, 0.25) is 0 Å². The predicted octanol–water partition coefficient (Wildman–Crippen LogP) is 4.79. The molecule has 0 unspecified atom stereocenters. The fourth-order valence-corrected chi connectivity index (χ4v) is 4.41. The van der Waals surface area contributed by atoms with Gasteiger partial charge in [-0.15, -0.1) is 0 Å². The van der Waals surface area contributed by atoms with E-state index in [4.69, 9.17) is 14.2 Å². The summed E-state index contributed by atoms with van der Waals surface area (Å²) in [6, 6.07) is 16.3. The smallest absolute Gasteiger partial charge is 0.255 e. The first-order valence-electron chi connectivity index (χ1n) is 11.5. The first kappa shape index (κ1) is 24.9. The van der Waals surface area contributed by atoms with Crippen molar-refractivity contribution in [3.05, 3.63) is 77.5 Å². The lowest BCUT2D eigenvalue weighted by Gasteiger charge is -2.16. The quantitative estimate of drug-likeness (QED) is 0.352. The van der Waals surface area contributed by atoms with Crippen molar-refractivity contribution in [1.29, 1.82) is 0 Å². The first-order chi connectivity index (χ1) is 17.3. The van der Waals surface area contributed by atoms with Crippen LogP contribution < -0.4 is 19.5 Å². The summed E-state index contributed by atoms with van der Waals surface area (Å²) in [6.45, 7) is 1.37. The summed E-state index contributed by atoms with van der Waals surface area (Å²) in [5, 5.41) is 13.7. The van der Waals surface area contributed by atoms with Gasteiger partial charge < -0.3 is 29.2 Å². The number of anilines is 1. The molecule has 0 aliphatic carbocycles. The molecular formula is C28H31N3O5. The van der Waals surface area contributed by atoms with Crippen LogP contribution in [0.3, 0.4) is 0 Å². The second-order valence-corrected chi connectivity index (χ2v) is 8.71. The maximum Gasteiger partial charge on any atom is 0.255 e. The SMILES string of the molecule is COc1cc(NC(=O)c2ccc3c(c2)c(CN(C)Cc2cccc(O)c2)cn3C)cc(OC)c1OC. The highest BCUT2D eigenvalue weighted by atomic mass is 16.5. The Morgan fingerprint density at radius 3 is 2.33 bits per heavy atom. The number of aromatic hydroxyl groups is 1. The van der Waals surface area contributed by atoms with Gasteiger partial charge in [-0.1, -0.05) is 12.1 Å². The lowest BCUT2D eigenvalue weighted by atomic mass is 10.1. The number of carbonyl (C=O) groups excluding carboxylic acids is 1. The van der Waals surface area contributed by atoms with Gasteiger partial charge in [0, 0.05) is 60.6 Å². The Balaban J connectivity index is 1.57. The van der Waals surface area contributed by atoms with Gasteiger partial charge in [0.25, 0.3) is 5.91 Å². The molecule has 188 valence electrons. The van der Waals surface area contributed by atoms with Crippen molar-refractivity contribution >= 4 is 22.5 Å². The van der Waals surface area contributed by atoms with Crippen LogP contribution in [0, 0.1) is 0 Å². The van der Waals surface area contributed by atoms with Crippen LogP contribution in [-0.4, -0.2) is 48.9 Å². The fraction of sp³-hybridized carbons (Fsp3) is 0.250. The maximum atomic E-state index is 13.2. The molecule has 0 saturated heterocycles. The second-order valence-electron chi connectivity index (χ2n) is 8.71. The topological polar surface area (TPSA) is 85.2 Å². The number of hydrogen-bond acceptors (Lipinski definition) is 6. The Labute approximate surface area is 210 Å². The zero-order valence-electron chi connectivity index (χ0n) is 21.2. The third kappa shape index (κ3) is 5.23. The molecule has 2 N–H and O–H groups in total. The van der Waals surface area contributed by atoms with Gasteiger partial charge in [0.15, 0.2) is 11.5 Å². The average molecular weight is 490 g/mol. The summed E-state index contributed by atoms with van der Waals surface area (Å²) in [6.07, 6.45) is 2.09. The monoisotopic (exact) mass is 489 g/mol. The predicted molar refractivity (Wildman–Crippen MR) is 140 cm³/mol. The molecule has 0 saturated carbocycles. The van der Waals surface area contributed by atoms with Gasteiger partial charge in [0.1, 0.15) is 5.75 Å².